The first-order chi connectivity index (χ1) is 14.9. The van der Waals surface area contributed by atoms with Crippen LogP contribution in [0.25, 0.3) is 0 Å². The van der Waals surface area contributed by atoms with E-state index in [1.54, 1.807) is 0 Å². The van der Waals surface area contributed by atoms with E-state index in [9.17, 15) is 14.0 Å². The van der Waals surface area contributed by atoms with Crippen LogP contribution in [0.3, 0.4) is 0 Å². The van der Waals surface area contributed by atoms with E-state index in [0.29, 0.717) is 17.3 Å². The number of hydrogen-bond donors (Lipinski definition) is 0. The molecule has 31 heavy (non-hydrogen) atoms. The molecule has 0 unspecified atom stereocenters. The number of alkyl halides is 1. The number of ether oxygens (including phenoxy) is 5. The van der Waals surface area contributed by atoms with E-state index in [0.717, 1.165) is 43.5 Å². The highest BCUT2D eigenvalue weighted by molar-refractivity contribution is 5.92. The zero-order valence-corrected chi connectivity index (χ0v) is 17.0. The van der Waals surface area contributed by atoms with Gasteiger partial charge in [-0.25, -0.2) is 4.79 Å². The molecule has 0 N–H and O–H groups in total. The quantitative estimate of drug-likeness (QED) is 0.672. The maximum atomic E-state index is 14.7. The second kappa shape index (κ2) is 6.35. The Labute approximate surface area is 177 Å². The number of cyclic esters (lactones) is 1. The summed E-state index contributed by atoms with van der Waals surface area (Å²) in [6, 6.07) is 3.94. The van der Waals surface area contributed by atoms with Crippen molar-refractivity contribution < 1.29 is 37.7 Å². The Morgan fingerprint density at radius 3 is 2.77 bits per heavy atom. The van der Waals surface area contributed by atoms with Crippen molar-refractivity contribution in [3.63, 3.8) is 0 Å². The minimum atomic E-state index is -2.73. The maximum Gasteiger partial charge on any atom is 0.386 e. The largest absolute Gasteiger partial charge is 0.497 e. The smallest absolute Gasteiger partial charge is 0.386 e. The molecule has 4 heterocycles. The molecule has 1 aliphatic carbocycles. The van der Waals surface area contributed by atoms with Crippen LogP contribution in [-0.2, 0) is 30.2 Å². The van der Waals surface area contributed by atoms with Gasteiger partial charge in [0.2, 0.25) is 6.79 Å². The average molecular weight is 431 g/mol. The molecule has 5 aliphatic rings. The van der Waals surface area contributed by atoms with Gasteiger partial charge in [0.15, 0.2) is 17.6 Å². The van der Waals surface area contributed by atoms with E-state index in [2.05, 4.69) is 9.64 Å². The molecule has 4 aliphatic heterocycles. The molecule has 0 saturated carbocycles. The molecule has 8 nitrogen and oxygen atoms in total. The number of methoxy groups -OCH3 is 1. The maximum absolute atomic E-state index is 14.7. The van der Waals surface area contributed by atoms with E-state index < -0.39 is 35.9 Å². The van der Waals surface area contributed by atoms with E-state index >= 15 is 0 Å². The Morgan fingerprint density at radius 2 is 2.03 bits per heavy atom. The number of nitrogens with zero attached hydrogens (tertiary/aromatic N) is 1. The second-order valence-electron chi connectivity index (χ2n) is 8.67. The summed E-state index contributed by atoms with van der Waals surface area (Å²) in [6.45, 7) is 1.91. The number of halogens is 1. The molecule has 2 saturated heterocycles. The molecular formula is C22H22FNO7. The minimum Gasteiger partial charge on any atom is -0.497 e. The summed E-state index contributed by atoms with van der Waals surface area (Å²) in [5, 5.41) is 0. The number of fused-ring (bicyclic) bond motifs is 3. The zero-order valence-electron chi connectivity index (χ0n) is 17.0. The fourth-order valence-electron chi connectivity index (χ4n) is 5.77. The van der Waals surface area contributed by atoms with Gasteiger partial charge >= 0.3 is 17.8 Å². The minimum absolute atomic E-state index is 0.163. The summed E-state index contributed by atoms with van der Waals surface area (Å²) in [6.07, 6.45) is 3.22. The average Bonchev–Trinajstić information content (AvgIpc) is 3.40. The van der Waals surface area contributed by atoms with Gasteiger partial charge in [-0.05, 0) is 55.1 Å². The van der Waals surface area contributed by atoms with Crippen LogP contribution in [0.4, 0.5) is 4.39 Å². The highest BCUT2D eigenvalue weighted by Crippen LogP contribution is 2.55. The zero-order chi connectivity index (χ0) is 21.4. The fraction of sp³-hybridized carbons (Fsp3) is 0.545. The highest BCUT2D eigenvalue weighted by Gasteiger charge is 2.61. The first-order valence-electron chi connectivity index (χ1n) is 10.5. The number of rotatable bonds is 3. The lowest BCUT2D eigenvalue weighted by Crippen LogP contribution is -2.53. The lowest BCUT2D eigenvalue weighted by molar-refractivity contribution is -0.240. The summed E-state index contributed by atoms with van der Waals surface area (Å²) in [4.78, 5) is 26.2. The molecule has 1 aromatic carbocycles. The van der Waals surface area contributed by atoms with Gasteiger partial charge in [0.05, 0.1) is 18.6 Å². The third kappa shape index (κ3) is 2.55. The van der Waals surface area contributed by atoms with Crippen molar-refractivity contribution in [3.8, 4) is 11.5 Å². The molecule has 0 amide bonds. The molecule has 0 bridgehead atoms. The van der Waals surface area contributed by atoms with Gasteiger partial charge in [0, 0.05) is 6.54 Å². The van der Waals surface area contributed by atoms with Crippen LogP contribution in [0, 0.1) is 0 Å². The van der Waals surface area contributed by atoms with Crippen LogP contribution in [-0.4, -0.2) is 61.3 Å². The molecule has 4 atom stereocenters. The molecule has 0 aromatic heterocycles. The Bertz CT molecular complexity index is 1020. The van der Waals surface area contributed by atoms with Gasteiger partial charge in [0.1, 0.15) is 12.2 Å². The van der Waals surface area contributed by atoms with Gasteiger partial charge in [0.25, 0.3) is 0 Å². The van der Waals surface area contributed by atoms with Crippen LogP contribution in [0.5, 0.6) is 11.5 Å². The fourth-order valence-corrected chi connectivity index (χ4v) is 5.77. The molecule has 9 heteroatoms. The standard InChI is InChI=1S/C22H22FNO7/c1-27-16-9-21-4-2-5-24(21)6-3-12-7-14-15(29-11-28-14)8-13(12)18(21)19(16)30-20(26)22(23)10-17(25)31-22/h7-9,18-19H,2-6,10-11H2,1H3/t18-,19-,21+,22-/m1/s1. The van der Waals surface area contributed by atoms with Gasteiger partial charge in [-0.3, -0.25) is 9.69 Å². The van der Waals surface area contributed by atoms with Crippen molar-refractivity contribution in [2.45, 2.75) is 49.1 Å². The summed E-state index contributed by atoms with van der Waals surface area (Å²) in [5.74, 6) is -3.18. The van der Waals surface area contributed by atoms with Gasteiger partial charge < -0.3 is 23.7 Å². The predicted molar refractivity (Wildman–Crippen MR) is 102 cm³/mol. The SMILES string of the molecule is COC1=C[C@]23CCCN2CCc2cc4c(cc2[C@@H]3[C@@H]1OC(=O)[C@@]1(F)CC(=O)O1)OCO4. The first-order valence-corrected chi connectivity index (χ1v) is 10.5. The van der Waals surface area contributed by atoms with Crippen LogP contribution in [0.15, 0.2) is 24.0 Å². The summed E-state index contributed by atoms with van der Waals surface area (Å²) < 4.78 is 41.6. The van der Waals surface area contributed by atoms with Crippen molar-refractivity contribution in [3.05, 3.63) is 35.1 Å². The predicted octanol–water partition coefficient (Wildman–Crippen LogP) is 1.96. The monoisotopic (exact) mass is 431 g/mol. The topological polar surface area (TPSA) is 83.5 Å². The van der Waals surface area contributed by atoms with Crippen molar-refractivity contribution in [2.75, 3.05) is 27.0 Å². The number of esters is 2. The van der Waals surface area contributed by atoms with Gasteiger partial charge in [-0.15, -0.1) is 0 Å². The molecule has 2 fully saturated rings. The van der Waals surface area contributed by atoms with Gasteiger partial charge in [-0.2, -0.15) is 4.39 Å². The van der Waals surface area contributed by atoms with E-state index in [4.69, 9.17) is 18.9 Å². The Morgan fingerprint density at radius 1 is 1.26 bits per heavy atom. The van der Waals surface area contributed by atoms with E-state index in [-0.39, 0.29) is 12.7 Å². The third-order valence-electron chi connectivity index (χ3n) is 7.15. The van der Waals surface area contributed by atoms with Crippen LogP contribution in [0.2, 0.25) is 0 Å². The highest BCUT2D eigenvalue weighted by atomic mass is 19.2. The molecular weight excluding hydrogens is 409 g/mol. The lowest BCUT2D eigenvalue weighted by atomic mass is 9.77. The van der Waals surface area contributed by atoms with E-state index in [1.165, 1.54) is 7.11 Å². The lowest BCUT2D eigenvalue weighted by Gasteiger charge is -2.40. The second-order valence-corrected chi connectivity index (χ2v) is 8.67. The number of hydrogen-bond acceptors (Lipinski definition) is 8. The third-order valence-corrected chi connectivity index (χ3v) is 7.15. The molecule has 0 radical (unpaired) electrons. The number of carbonyl (C=O) groups excluding carboxylic acids is 2. The Balaban J connectivity index is 1.44. The molecule has 164 valence electrons. The summed E-state index contributed by atoms with van der Waals surface area (Å²) >= 11 is 0. The van der Waals surface area contributed by atoms with Crippen molar-refractivity contribution in [1.29, 1.82) is 0 Å². The molecule has 1 spiro atoms. The van der Waals surface area contributed by atoms with Crippen LogP contribution >= 0.6 is 0 Å². The van der Waals surface area contributed by atoms with E-state index in [1.807, 2.05) is 18.2 Å². The first kappa shape index (κ1) is 18.9. The Hall–Kier alpha value is -2.81. The Kier molecular flexibility index (Phi) is 3.88. The number of carbonyl (C=O) groups is 2. The molecule has 1 aromatic rings. The van der Waals surface area contributed by atoms with Crippen molar-refractivity contribution in [2.24, 2.45) is 0 Å². The van der Waals surface area contributed by atoms with Crippen LogP contribution < -0.4 is 9.47 Å². The van der Waals surface area contributed by atoms with Gasteiger partial charge in [-0.1, -0.05) is 0 Å². The van der Waals surface area contributed by atoms with Crippen molar-refractivity contribution >= 4 is 11.9 Å². The normalized spacial score (nSPS) is 35.2. The van der Waals surface area contributed by atoms with Crippen LogP contribution in [0.1, 0.15) is 36.3 Å². The molecule has 6 rings (SSSR count). The summed E-state index contributed by atoms with van der Waals surface area (Å²) in [7, 11) is 1.52. The van der Waals surface area contributed by atoms with Crippen molar-refractivity contribution in [1.82, 2.24) is 4.90 Å². The summed E-state index contributed by atoms with van der Waals surface area (Å²) in [5.41, 5.74) is 1.66. The number of benzene rings is 1.